The van der Waals surface area contributed by atoms with Crippen LogP contribution in [0.5, 0.6) is 0 Å². The molecule has 2 aromatic heterocycles. The summed E-state index contributed by atoms with van der Waals surface area (Å²) in [4.78, 5) is 17.2. The van der Waals surface area contributed by atoms with Gasteiger partial charge in [0.2, 0.25) is 5.91 Å². The lowest BCUT2D eigenvalue weighted by Crippen LogP contribution is -2.14. The number of halogens is 2. The van der Waals surface area contributed by atoms with E-state index in [0.717, 1.165) is 22.6 Å². The first kappa shape index (κ1) is 25.3. The minimum atomic E-state index is -0.176. The Morgan fingerprint density at radius 2 is 1.62 bits per heavy atom. The van der Waals surface area contributed by atoms with Crippen molar-refractivity contribution in [1.82, 2.24) is 19.7 Å². The third kappa shape index (κ3) is 6.50. The first-order valence-corrected chi connectivity index (χ1v) is 13.8. The van der Waals surface area contributed by atoms with Crippen LogP contribution < -0.4 is 10.6 Å². The number of thioether (sulfide) groups is 1. The zero-order chi connectivity index (χ0) is 25.6. The molecule has 11 heteroatoms. The molecule has 0 fully saturated rings. The second-order valence-electron chi connectivity index (χ2n) is 7.81. The fraction of sp³-hybridized carbons (Fsp3) is 0.0769. The summed E-state index contributed by atoms with van der Waals surface area (Å²) in [5.74, 6) is 0.661. The molecule has 1 amide bonds. The molecule has 0 atom stereocenters. The summed E-state index contributed by atoms with van der Waals surface area (Å²) < 4.78 is 1.91. The lowest BCUT2D eigenvalue weighted by molar-refractivity contribution is -0.113. The molecule has 2 heterocycles. The highest BCUT2D eigenvalue weighted by molar-refractivity contribution is 7.99. The number of aromatic nitrogens is 4. The number of anilines is 2. The van der Waals surface area contributed by atoms with E-state index in [1.54, 1.807) is 12.1 Å². The number of carbonyl (C=O) groups excluding carboxylic acids is 1. The lowest BCUT2D eigenvalue weighted by Gasteiger charge is -2.11. The fourth-order valence-electron chi connectivity index (χ4n) is 3.46. The second kappa shape index (κ2) is 11.8. The minimum absolute atomic E-state index is 0.149. The van der Waals surface area contributed by atoms with Crippen LogP contribution in [-0.2, 0) is 11.3 Å². The van der Waals surface area contributed by atoms with Crippen molar-refractivity contribution < 1.29 is 4.79 Å². The first-order valence-electron chi connectivity index (χ1n) is 11.2. The maximum atomic E-state index is 12.7. The number of hydrogen-bond donors (Lipinski definition) is 2. The maximum absolute atomic E-state index is 12.7. The zero-order valence-corrected chi connectivity index (χ0v) is 22.4. The third-order valence-electron chi connectivity index (χ3n) is 5.23. The van der Waals surface area contributed by atoms with Gasteiger partial charge in [0, 0.05) is 32.4 Å². The topological polar surface area (TPSA) is 84.7 Å². The number of thiazole rings is 1. The summed E-state index contributed by atoms with van der Waals surface area (Å²) in [6.07, 6.45) is 0. The monoisotopic (exact) mass is 566 g/mol. The number of rotatable bonds is 9. The molecule has 0 spiro atoms. The van der Waals surface area contributed by atoms with Gasteiger partial charge >= 0.3 is 0 Å². The third-order valence-corrected chi connectivity index (χ3v) is 7.42. The van der Waals surface area contributed by atoms with Crippen molar-refractivity contribution in [3.05, 3.63) is 100 Å². The van der Waals surface area contributed by atoms with E-state index >= 15 is 0 Å². The Balaban J connectivity index is 1.28. The van der Waals surface area contributed by atoms with E-state index in [1.165, 1.54) is 23.1 Å². The molecular formula is C26H20Cl2N6OS2. The Hall–Kier alpha value is -3.37. The molecule has 2 N–H and O–H groups in total. The van der Waals surface area contributed by atoms with Crippen LogP contribution in [-0.4, -0.2) is 31.4 Å². The minimum Gasteiger partial charge on any atom is -0.378 e. The van der Waals surface area contributed by atoms with E-state index < -0.39 is 0 Å². The zero-order valence-electron chi connectivity index (χ0n) is 19.3. The van der Waals surface area contributed by atoms with E-state index in [0.29, 0.717) is 32.7 Å². The Bertz CT molecular complexity index is 1490. The molecular weight excluding hydrogens is 547 g/mol. The molecule has 7 nitrogen and oxygen atoms in total. The predicted octanol–water partition coefficient (Wildman–Crippen LogP) is 7.04. The molecule has 5 aromatic rings. The summed E-state index contributed by atoms with van der Waals surface area (Å²) >= 11 is 14.8. The lowest BCUT2D eigenvalue weighted by atomic mass is 10.2. The second-order valence-corrected chi connectivity index (χ2v) is 10.5. The average molecular weight is 568 g/mol. The Morgan fingerprint density at radius 3 is 2.35 bits per heavy atom. The van der Waals surface area contributed by atoms with Crippen molar-refractivity contribution in [3.8, 4) is 16.9 Å². The van der Waals surface area contributed by atoms with E-state index in [-0.39, 0.29) is 11.7 Å². The van der Waals surface area contributed by atoms with Gasteiger partial charge in [-0.1, -0.05) is 65.3 Å². The Kier molecular flexibility index (Phi) is 8.05. The van der Waals surface area contributed by atoms with Crippen LogP contribution in [0.3, 0.4) is 0 Å². The normalized spacial score (nSPS) is 10.9. The van der Waals surface area contributed by atoms with Crippen molar-refractivity contribution in [2.45, 2.75) is 11.7 Å². The summed E-state index contributed by atoms with van der Waals surface area (Å²) in [7, 11) is 0. The maximum Gasteiger partial charge on any atom is 0.236 e. The molecule has 186 valence electrons. The number of benzene rings is 3. The Morgan fingerprint density at radius 1 is 0.919 bits per heavy atom. The van der Waals surface area contributed by atoms with Crippen LogP contribution in [0.2, 0.25) is 10.0 Å². The van der Waals surface area contributed by atoms with Crippen LogP contribution in [0.15, 0.2) is 89.4 Å². The predicted molar refractivity (Wildman–Crippen MR) is 152 cm³/mol. The van der Waals surface area contributed by atoms with Crippen LogP contribution in [0, 0.1) is 0 Å². The van der Waals surface area contributed by atoms with Crippen molar-refractivity contribution >= 4 is 63.0 Å². The van der Waals surface area contributed by atoms with Gasteiger partial charge in [-0.2, -0.15) is 0 Å². The molecule has 0 unspecified atom stereocenters. The molecule has 0 bridgehead atoms. The summed E-state index contributed by atoms with van der Waals surface area (Å²) in [6, 6.07) is 24.7. The van der Waals surface area contributed by atoms with Gasteiger partial charge in [-0.05, 0) is 48.5 Å². The molecule has 0 aliphatic carbocycles. The highest BCUT2D eigenvalue weighted by atomic mass is 35.5. The number of amides is 1. The molecule has 0 radical (unpaired) electrons. The SMILES string of the molecule is O=C(CSc1nnc(CNc2ccc(Cl)cc2)n1-c1ccc(Cl)cc1)Nc1nc(-c2ccccc2)cs1. The molecule has 3 aromatic carbocycles. The smallest absolute Gasteiger partial charge is 0.236 e. The van der Waals surface area contributed by atoms with E-state index in [4.69, 9.17) is 23.2 Å². The Labute approximate surface area is 231 Å². The van der Waals surface area contributed by atoms with Crippen LogP contribution in [0.25, 0.3) is 16.9 Å². The van der Waals surface area contributed by atoms with Gasteiger partial charge < -0.3 is 10.6 Å². The summed E-state index contributed by atoms with van der Waals surface area (Å²) in [6.45, 7) is 0.422. The number of nitrogens with one attached hydrogen (secondary N) is 2. The average Bonchev–Trinajstić information content (AvgIpc) is 3.55. The van der Waals surface area contributed by atoms with Crippen molar-refractivity contribution in [3.63, 3.8) is 0 Å². The quantitative estimate of drug-likeness (QED) is 0.186. The summed E-state index contributed by atoms with van der Waals surface area (Å²) in [5, 5.41) is 19.3. The largest absolute Gasteiger partial charge is 0.378 e. The first-order chi connectivity index (χ1) is 18.0. The van der Waals surface area contributed by atoms with Gasteiger partial charge in [-0.15, -0.1) is 21.5 Å². The highest BCUT2D eigenvalue weighted by Gasteiger charge is 2.17. The number of hydrogen-bond acceptors (Lipinski definition) is 7. The van der Waals surface area contributed by atoms with Gasteiger partial charge in [-0.25, -0.2) is 4.98 Å². The van der Waals surface area contributed by atoms with Gasteiger partial charge in [-0.3, -0.25) is 9.36 Å². The summed E-state index contributed by atoms with van der Waals surface area (Å²) in [5.41, 5.74) is 3.58. The molecule has 5 rings (SSSR count). The molecule has 0 aliphatic rings. The van der Waals surface area contributed by atoms with Gasteiger partial charge in [0.25, 0.3) is 0 Å². The van der Waals surface area contributed by atoms with Gasteiger partial charge in [0.15, 0.2) is 16.1 Å². The van der Waals surface area contributed by atoms with Gasteiger partial charge in [0.05, 0.1) is 18.0 Å². The van der Waals surface area contributed by atoms with Crippen LogP contribution in [0.1, 0.15) is 5.82 Å². The van der Waals surface area contributed by atoms with Crippen LogP contribution >= 0.6 is 46.3 Å². The van der Waals surface area contributed by atoms with E-state index in [9.17, 15) is 4.79 Å². The van der Waals surface area contributed by atoms with Crippen molar-refractivity contribution in [2.75, 3.05) is 16.4 Å². The highest BCUT2D eigenvalue weighted by Crippen LogP contribution is 2.27. The van der Waals surface area contributed by atoms with Crippen molar-refractivity contribution in [2.24, 2.45) is 0 Å². The molecule has 0 saturated carbocycles. The van der Waals surface area contributed by atoms with Crippen LogP contribution in [0.4, 0.5) is 10.8 Å². The standard InChI is InChI=1S/C26H20Cl2N6OS2/c27-18-6-10-20(11-7-18)29-14-23-32-33-26(34(23)21-12-8-19(28)9-13-21)37-16-24(35)31-25-30-22(15-36-25)17-4-2-1-3-5-17/h1-13,15,29H,14,16H2,(H,30,31,35). The fourth-order valence-corrected chi connectivity index (χ4v) is 5.22. The van der Waals surface area contributed by atoms with E-state index in [1.807, 2.05) is 76.7 Å². The molecule has 0 saturated heterocycles. The van der Waals surface area contributed by atoms with Crippen molar-refractivity contribution in [1.29, 1.82) is 0 Å². The number of nitrogens with zero attached hydrogens (tertiary/aromatic N) is 4. The van der Waals surface area contributed by atoms with Gasteiger partial charge in [0.1, 0.15) is 0 Å². The molecule has 0 aliphatic heterocycles. The number of carbonyl (C=O) groups is 1. The molecule has 37 heavy (non-hydrogen) atoms. The van der Waals surface area contributed by atoms with E-state index in [2.05, 4.69) is 25.8 Å².